The number of rotatable bonds is 10. The third-order valence-corrected chi connectivity index (χ3v) is 43.0. The lowest BCUT2D eigenvalue weighted by atomic mass is 9.82. The minimum Gasteiger partial charge on any atom is -0.456 e. The van der Waals surface area contributed by atoms with Gasteiger partial charge in [0.15, 0.2) is 17.5 Å². The summed E-state index contributed by atoms with van der Waals surface area (Å²) in [6.07, 6.45) is 0. The summed E-state index contributed by atoms with van der Waals surface area (Å²) in [7, 11) is -6.03. The molecule has 11 heterocycles. The minimum absolute atomic E-state index is 0.0440. The van der Waals surface area contributed by atoms with Crippen molar-refractivity contribution in [3.63, 3.8) is 0 Å². The Morgan fingerprint density at radius 3 is 0.960 bits per heavy atom. The van der Waals surface area contributed by atoms with Gasteiger partial charge < -0.3 is 22.7 Å². The molecule has 0 saturated heterocycles. The van der Waals surface area contributed by atoms with E-state index in [0.717, 1.165) is 141 Å². The molecule has 149 heavy (non-hydrogen) atoms. The van der Waals surface area contributed by atoms with Gasteiger partial charge in [-0.3, -0.25) is 0 Å². The van der Waals surface area contributed by atoms with Crippen LogP contribution in [-0.4, -0.2) is 72.4 Å². The number of furan rings is 1. The number of para-hydroxylation sites is 6. The molecular formula is C135H98N10OSi3. The first kappa shape index (κ1) is 87.6. The van der Waals surface area contributed by atoms with Crippen LogP contribution in [0.15, 0.2) is 453 Å². The molecule has 0 bridgehead atoms. The van der Waals surface area contributed by atoms with Gasteiger partial charge in [0, 0.05) is 115 Å². The van der Waals surface area contributed by atoms with E-state index in [1.165, 1.54) is 146 Å². The van der Waals surface area contributed by atoms with Gasteiger partial charge >= 0.3 is 0 Å². The van der Waals surface area contributed by atoms with E-state index in [9.17, 15) is 0 Å². The fourth-order valence-corrected chi connectivity index (χ4v) is 35.4. The van der Waals surface area contributed by atoms with E-state index in [4.69, 9.17) is 34.3 Å². The van der Waals surface area contributed by atoms with E-state index >= 15 is 0 Å². The van der Waals surface area contributed by atoms with Crippen LogP contribution in [-0.2, 0) is 5.41 Å². The molecule has 11 nitrogen and oxygen atoms in total. The van der Waals surface area contributed by atoms with Crippen molar-refractivity contribution in [2.45, 2.75) is 58.5 Å². The second-order valence-electron chi connectivity index (χ2n) is 42.2. The first-order valence-electron chi connectivity index (χ1n) is 51.6. The first-order valence-corrected chi connectivity index (χ1v) is 60.6. The van der Waals surface area contributed by atoms with E-state index in [1.807, 2.05) is 12.1 Å². The van der Waals surface area contributed by atoms with Crippen LogP contribution in [0.2, 0.25) is 39.3 Å². The highest BCUT2D eigenvalue weighted by Gasteiger charge is 2.46. The average Bonchev–Trinajstić information content (AvgIpc) is 1.54. The Labute approximate surface area is 864 Å². The normalized spacial score (nSPS) is 13.9. The van der Waals surface area contributed by atoms with Crippen LogP contribution >= 0.6 is 0 Å². The molecule has 0 saturated carbocycles. The van der Waals surface area contributed by atoms with E-state index in [2.05, 4.69) is 508 Å². The summed E-state index contributed by atoms with van der Waals surface area (Å²) in [5.74, 6) is 2.27. The Morgan fingerprint density at radius 2 is 0.517 bits per heavy atom. The largest absolute Gasteiger partial charge is 0.456 e. The summed E-state index contributed by atoms with van der Waals surface area (Å²) in [6.45, 7) is 19.3. The molecule has 0 fully saturated rings. The fraction of sp³-hybridized carbons (Fsp3) is 0.0667. The Morgan fingerprint density at radius 1 is 0.208 bits per heavy atom. The van der Waals surface area contributed by atoms with Crippen LogP contribution in [0.25, 0.3) is 245 Å². The molecule has 0 radical (unpaired) electrons. The van der Waals surface area contributed by atoms with Crippen LogP contribution in [0.5, 0.6) is 0 Å². The summed E-state index contributed by atoms with van der Waals surface area (Å²) >= 11 is 0. The lowest BCUT2D eigenvalue weighted by Crippen LogP contribution is -2.50. The van der Waals surface area contributed by atoms with E-state index in [-0.39, 0.29) is 5.41 Å². The average molecular weight is 1960 g/mol. The smallest absolute Gasteiger partial charge is 0.160 e. The Bertz CT molecular complexity index is 10300. The highest BCUT2D eigenvalue weighted by atomic mass is 28.3. The SMILES string of the molecule is CC1(C)c2ccccc2-c2c1ccc1c2c2ccccc2n1-c1ccc(-c2nc(-c3ccccc3)c3c(n2)-c2ccccc2[Si]3(C)C)cc1.C[Si]1(C)c2ccccc2-c2nc(-c3ccc(-n4c5ccccc5c5c6c7ccccc7n(-c7ccccc7)c6ccc54)cc3)nc(-c3ccccc3)c21.C[Si]1(C)c2ccccc2-c2nc(-c3cccc(-n4c5ccccc5c5c6c(ccc54)oc4ccccc46)c3)nc(-c3ccccc3)c21. The number of aromatic nitrogens is 10. The van der Waals surface area contributed by atoms with Gasteiger partial charge in [0.25, 0.3) is 0 Å². The molecule has 19 aromatic carbocycles. The van der Waals surface area contributed by atoms with E-state index in [0.29, 0.717) is 0 Å². The maximum Gasteiger partial charge on any atom is 0.160 e. The standard InChI is InChI=1S/C48H34N4Si.C45H35N3Si.C42H29N3OSi/c1-53(2)42-24-14-11-21-37(42)46-47(53)45(31-15-5-3-6-16-31)49-48(50-46)32-25-27-34(28-26-32)52-39-23-13-10-20-36(39)44-41(52)30-29-40-43(44)35-19-9-12-22-38(35)51(40)33-17-7-4-8-18-33;1-45(2)34-19-11-8-16-31(34)39-35(45)26-27-37-40(39)32-17-9-12-20-36(32)48(37)30-24-22-29(23-25-30)44-46-41(28-14-6-5-7-15-28)43-42(47-44)33-18-10-13-21-38(33)49(43,3)4;1-47(2)36-22-11-8-19-31(36)40-41(47)39(26-13-4-3-5-14-26)43-42(44-40)27-15-12-16-28(25-27)45-32-20-9-6-17-29(32)37-33(45)23-24-35-38(37)30-18-7-10-21-34(30)46-35/h3-30H,1-2H3;5-27H,1-4H3;3-25H,1-2H3. The molecule has 1 aliphatic carbocycles. The zero-order chi connectivity index (χ0) is 99.6. The Hall–Kier alpha value is -17.9. The zero-order valence-electron chi connectivity index (χ0n) is 83.6. The van der Waals surface area contributed by atoms with Crippen LogP contribution in [0.4, 0.5) is 0 Å². The molecule has 14 heteroatoms. The molecule has 27 aromatic rings. The molecule has 8 aromatic heterocycles. The Kier molecular flexibility index (Phi) is 19.6. The van der Waals surface area contributed by atoms with Gasteiger partial charge in [0.1, 0.15) is 35.4 Å². The van der Waals surface area contributed by atoms with E-state index < -0.39 is 24.2 Å². The first-order chi connectivity index (χ1) is 73.0. The van der Waals surface area contributed by atoms with Crippen LogP contribution < -0.4 is 31.1 Å². The zero-order valence-corrected chi connectivity index (χ0v) is 86.6. The molecule has 0 N–H and O–H groups in total. The second kappa shape index (κ2) is 33.3. The third-order valence-electron chi connectivity index (χ3n) is 32.5. The number of benzene rings is 19. The maximum absolute atomic E-state index is 6.30. The maximum atomic E-state index is 6.30. The van der Waals surface area contributed by atoms with Crippen LogP contribution in [0.1, 0.15) is 25.0 Å². The van der Waals surface area contributed by atoms with Gasteiger partial charge in [-0.05, 0) is 204 Å². The topological polar surface area (TPSA) is 110 Å². The van der Waals surface area contributed by atoms with Crippen molar-refractivity contribution in [3.05, 3.63) is 460 Å². The third kappa shape index (κ3) is 13.2. The van der Waals surface area contributed by atoms with Crippen molar-refractivity contribution in [1.29, 1.82) is 0 Å². The van der Waals surface area contributed by atoms with E-state index in [1.54, 1.807) is 0 Å². The predicted molar refractivity (Wildman–Crippen MR) is 627 cm³/mol. The van der Waals surface area contributed by atoms with Crippen LogP contribution in [0.3, 0.4) is 0 Å². The van der Waals surface area contributed by atoms with Gasteiger partial charge in [-0.1, -0.05) is 369 Å². The molecule has 3 aliphatic heterocycles. The molecule has 706 valence electrons. The lowest BCUT2D eigenvalue weighted by molar-refractivity contribution is 0.661. The molecule has 31 rings (SSSR count). The van der Waals surface area contributed by atoms with Crippen molar-refractivity contribution >= 4 is 165 Å². The summed E-state index contributed by atoms with van der Waals surface area (Å²) in [6, 6.07) is 161. The fourth-order valence-electron chi connectivity index (χ4n) is 25.7. The van der Waals surface area contributed by atoms with Crippen molar-refractivity contribution in [2.75, 3.05) is 0 Å². The van der Waals surface area contributed by atoms with Gasteiger partial charge in [-0.15, -0.1) is 0 Å². The molecule has 0 atom stereocenters. The molecule has 0 spiro atoms. The lowest BCUT2D eigenvalue weighted by Gasteiger charge is -2.21. The Balaban J connectivity index is 0.000000105. The van der Waals surface area contributed by atoms with Gasteiger partial charge in [0.05, 0.1) is 78.3 Å². The molecule has 0 unspecified atom stereocenters. The summed E-state index contributed by atoms with van der Waals surface area (Å²) in [4.78, 5) is 32.1. The summed E-state index contributed by atoms with van der Waals surface area (Å²) in [5, 5.41) is 20.6. The predicted octanol–water partition coefficient (Wildman–Crippen LogP) is 30.4. The monoisotopic (exact) mass is 1960 g/mol. The summed E-state index contributed by atoms with van der Waals surface area (Å²) in [5.41, 5.74) is 37.9. The van der Waals surface area contributed by atoms with Crippen molar-refractivity contribution in [3.8, 4) is 136 Å². The van der Waals surface area contributed by atoms with Crippen molar-refractivity contribution in [1.82, 2.24) is 48.2 Å². The molecule has 4 aliphatic rings. The van der Waals surface area contributed by atoms with Crippen molar-refractivity contribution < 1.29 is 4.42 Å². The minimum atomic E-state index is -2.02. The summed E-state index contributed by atoms with van der Waals surface area (Å²) < 4.78 is 15.9. The number of fused-ring (bicyclic) bond motifs is 30. The highest BCUT2D eigenvalue weighted by Crippen LogP contribution is 2.55. The second-order valence-corrected chi connectivity index (χ2v) is 55.1. The van der Waals surface area contributed by atoms with Crippen LogP contribution in [0, 0.1) is 0 Å². The number of hydrogen-bond acceptors (Lipinski definition) is 7. The van der Waals surface area contributed by atoms with Gasteiger partial charge in [-0.25, -0.2) is 29.9 Å². The molecular weight excluding hydrogens is 1860 g/mol. The highest BCUT2D eigenvalue weighted by molar-refractivity contribution is 7.05. The number of nitrogens with zero attached hydrogens (tertiary/aromatic N) is 10. The number of hydrogen-bond donors (Lipinski definition) is 0. The van der Waals surface area contributed by atoms with Gasteiger partial charge in [-0.2, -0.15) is 0 Å². The quantitative estimate of drug-likeness (QED) is 0.125. The van der Waals surface area contributed by atoms with Gasteiger partial charge in [0.2, 0.25) is 0 Å². The molecule has 0 amide bonds. The van der Waals surface area contributed by atoms with Crippen molar-refractivity contribution in [2.24, 2.45) is 0 Å².